The number of hydrogen-bond acceptors (Lipinski definition) is 3. The Morgan fingerprint density at radius 3 is 2.71 bits per heavy atom. The zero-order valence-electron chi connectivity index (χ0n) is 9.85. The van der Waals surface area contributed by atoms with E-state index in [2.05, 4.69) is 5.32 Å². The van der Waals surface area contributed by atoms with Crippen LogP contribution < -0.4 is 10.1 Å². The summed E-state index contributed by atoms with van der Waals surface area (Å²) in [6, 6.07) is 7.71. The number of aliphatic carboxylic acids is 1. The molecule has 1 heterocycles. The van der Waals surface area contributed by atoms with Crippen molar-refractivity contribution in [3.63, 3.8) is 0 Å². The van der Waals surface area contributed by atoms with Crippen LogP contribution in [0.5, 0.6) is 5.75 Å². The lowest BCUT2D eigenvalue weighted by Crippen LogP contribution is -2.20. The Morgan fingerprint density at radius 1 is 1.41 bits per heavy atom. The lowest BCUT2D eigenvalue weighted by atomic mass is 9.89. The topological polar surface area (TPSA) is 58.6 Å². The maximum Gasteiger partial charge on any atom is 0.308 e. The number of nitrogens with one attached hydrogen (secondary N) is 1. The smallest absolute Gasteiger partial charge is 0.308 e. The lowest BCUT2D eigenvalue weighted by molar-refractivity contribution is -0.141. The maximum atomic E-state index is 11.1. The molecule has 0 bridgehead atoms. The fourth-order valence-electron chi connectivity index (χ4n) is 2.27. The number of carboxylic acids is 1. The van der Waals surface area contributed by atoms with Gasteiger partial charge in [-0.15, -0.1) is 0 Å². The number of benzene rings is 1. The highest BCUT2D eigenvalue weighted by Crippen LogP contribution is 2.29. The van der Waals surface area contributed by atoms with Gasteiger partial charge in [0.05, 0.1) is 12.5 Å². The van der Waals surface area contributed by atoms with Crippen LogP contribution in [0.25, 0.3) is 0 Å². The first-order chi connectivity index (χ1) is 8.22. The first kappa shape index (κ1) is 11.9. The molecule has 4 nitrogen and oxygen atoms in total. The van der Waals surface area contributed by atoms with Crippen molar-refractivity contribution < 1.29 is 14.6 Å². The minimum Gasteiger partial charge on any atom is -0.494 e. The Bertz CT molecular complexity index is 388. The Morgan fingerprint density at radius 2 is 2.12 bits per heavy atom. The molecule has 0 spiro atoms. The zero-order chi connectivity index (χ0) is 12.3. The Balaban J connectivity index is 2.13. The first-order valence-corrected chi connectivity index (χ1v) is 5.88. The van der Waals surface area contributed by atoms with Crippen molar-refractivity contribution in [2.45, 2.75) is 12.8 Å². The van der Waals surface area contributed by atoms with Gasteiger partial charge >= 0.3 is 5.97 Å². The summed E-state index contributed by atoms with van der Waals surface area (Å²) in [7, 11) is 0. The molecule has 1 aromatic rings. The molecule has 0 radical (unpaired) electrons. The summed E-state index contributed by atoms with van der Waals surface area (Å²) in [6.45, 7) is 3.86. The molecule has 92 valence electrons. The molecular weight excluding hydrogens is 218 g/mol. The summed E-state index contributed by atoms with van der Waals surface area (Å²) in [5.74, 6) is -0.168. The van der Waals surface area contributed by atoms with Gasteiger partial charge in [0.1, 0.15) is 5.75 Å². The summed E-state index contributed by atoms with van der Waals surface area (Å²) in [6.07, 6.45) is 0. The highest BCUT2D eigenvalue weighted by molar-refractivity contribution is 5.72. The summed E-state index contributed by atoms with van der Waals surface area (Å²) in [5.41, 5.74) is 1.06. The van der Waals surface area contributed by atoms with Crippen molar-refractivity contribution in [1.82, 2.24) is 5.32 Å². The van der Waals surface area contributed by atoms with E-state index >= 15 is 0 Å². The van der Waals surface area contributed by atoms with Crippen LogP contribution >= 0.6 is 0 Å². The summed E-state index contributed by atoms with van der Waals surface area (Å²) < 4.78 is 5.37. The van der Waals surface area contributed by atoms with Gasteiger partial charge in [-0.05, 0) is 24.6 Å². The minimum atomic E-state index is -0.728. The molecule has 1 saturated heterocycles. The molecule has 2 atom stereocenters. The Hall–Kier alpha value is -1.55. The standard InChI is InChI=1S/C13H17NO3/c1-2-17-10-5-3-9(4-6-10)11-7-14-8-12(11)13(15)16/h3-6,11-12,14H,2,7-8H2,1H3,(H,15,16)/t11-,12-/m1/s1. The predicted octanol–water partition coefficient (Wildman–Crippen LogP) is 1.47. The van der Waals surface area contributed by atoms with Gasteiger partial charge in [0, 0.05) is 19.0 Å². The predicted molar refractivity (Wildman–Crippen MR) is 64.3 cm³/mol. The van der Waals surface area contributed by atoms with Crippen molar-refractivity contribution >= 4 is 5.97 Å². The average molecular weight is 235 g/mol. The summed E-state index contributed by atoms with van der Waals surface area (Å²) >= 11 is 0. The van der Waals surface area contributed by atoms with E-state index in [-0.39, 0.29) is 11.8 Å². The Labute approximate surface area is 101 Å². The summed E-state index contributed by atoms with van der Waals surface area (Å²) in [5, 5.41) is 12.2. The molecule has 1 aliphatic rings. The number of hydrogen-bond donors (Lipinski definition) is 2. The van der Waals surface area contributed by atoms with Crippen molar-refractivity contribution in [2.24, 2.45) is 5.92 Å². The van der Waals surface area contributed by atoms with E-state index in [4.69, 9.17) is 9.84 Å². The molecule has 0 unspecified atom stereocenters. The Kier molecular flexibility index (Phi) is 3.64. The highest BCUT2D eigenvalue weighted by atomic mass is 16.5. The molecule has 0 aliphatic carbocycles. The lowest BCUT2D eigenvalue weighted by Gasteiger charge is -2.15. The van der Waals surface area contributed by atoms with Gasteiger partial charge in [0.2, 0.25) is 0 Å². The van der Waals surface area contributed by atoms with Crippen LogP contribution in [0.4, 0.5) is 0 Å². The molecule has 17 heavy (non-hydrogen) atoms. The van der Waals surface area contributed by atoms with Gasteiger partial charge in [-0.1, -0.05) is 12.1 Å². The zero-order valence-corrected chi connectivity index (χ0v) is 9.85. The average Bonchev–Trinajstić information content (AvgIpc) is 2.79. The van der Waals surface area contributed by atoms with Gasteiger partial charge in [0.15, 0.2) is 0 Å². The maximum absolute atomic E-state index is 11.1. The van der Waals surface area contributed by atoms with Crippen molar-refractivity contribution in [1.29, 1.82) is 0 Å². The number of carboxylic acid groups (broad SMARTS) is 1. The van der Waals surface area contributed by atoms with E-state index in [0.29, 0.717) is 13.2 Å². The molecule has 4 heteroatoms. The molecule has 2 N–H and O–H groups in total. The van der Waals surface area contributed by atoms with Crippen LogP contribution in [0.2, 0.25) is 0 Å². The SMILES string of the molecule is CCOc1ccc([C@H]2CNC[C@H]2C(=O)O)cc1. The third-order valence-corrected chi connectivity index (χ3v) is 3.15. The highest BCUT2D eigenvalue weighted by Gasteiger charge is 2.33. The van der Waals surface area contributed by atoms with Crippen LogP contribution in [-0.2, 0) is 4.79 Å². The van der Waals surface area contributed by atoms with E-state index in [1.165, 1.54) is 0 Å². The molecular formula is C13H17NO3. The molecule has 1 fully saturated rings. The largest absolute Gasteiger partial charge is 0.494 e. The number of ether oxygens (including phenoxy) is 1. The third kappa shape index (κ3) is 2.58. The number of rotatable bonds is 4. The molecule has 0 aromatic heterocycles. The van der Waals surface area contributed by atoms with Crippen molar-refractivity contribution in [2.75, 3.05) is 19.7 Å². The quantitative estimate of drug-likeness (QED) is 0.829. The van der Waals surface area contributed by atoms with Crippen molar-refractivity contribution in [3.8, 4) is 5.75 Å². The fourth-order valence-corrected chi connectivity index (χ4v) is 2.27. The van der Waals surface area contributed by atoms with E-state index in [9.17, 15) is 4.79 Å². The molecule has 2 rings (SSSR count). The van der Waals surface area contributed by atoms with Gasteiger partial charge < -0.3 is 15.2 Å². The van der Waals surface area contributed by atoms with Crippen LogP contribution in [0, 0.1) is 5.92 Å². The van der Waals surface area contributed by atoms with Gasteiger partial charge in [-0.25, -0.2) is 0 Å². The first-order valence-electron chi connectivity index (χ1n) is 5.88. The fraction of sp³-hybridized carbons (Fsp3) is 0.462. The molecule has 1 aliphatic heterocycles. The van der Waals surface area contributed by atoms with Gasteiger partial charge in [0.25, 0.3) is 0 Å². The van der Waals surface area contributed by atoms with E-state index in [1.807, 2.05) is 31.2 Å². The van der Waals surface area contributed by atoms with E-state index in [1.54, 1.807) is 0 Å². The van der Waals surface area contributed by atoms with Crippen LogP contribution in [0.1, 0.15) is 18.4 Å². The van der Waals surface area contributed by atoms with Gasteiger partial charge in [-0.3, -0.25) is 4.79 Å². The van der Waals surface area contributed by atoms with Crippen LogP contribution in [0.3, 0.4) is 0 Å². The van der Waals surface area contributed by atoms with E-state index in [0.717, 1.165) is 17.9 Å². The minimum absolute atomic E-state index is 0.0585. The second kappa shape index (κ2) is 5.19. The molecule has 1 aromatic carbocycles. The normalized spacial score (nSPS) is 23.6. The third-order valence-electron chi connectivity index (χ3n) is 3.15. The second-order valence-electron chi connectivity index (χ2n) is 4.21. The monoisotopic (exact) mass is 235 g/mol. The second-order valence-corrected chi connectivity index (χ2v) is 4.21. The van der Waals surface area contributed by atoms with Crippen molar-refractivity contribution in [3.05, 3.63) is 29.8 Å². The molecule has 0 amide bonds. The summed E-state index contributed by atoms with van der Waals surface area (Å²) in [4.78, 5) is 11.1. The molecule has 0 saturated carbocycles. The number of carbonyl (C=O) groups is 1. The van der Waals surface area contributed by atoms with Crippen LogP contribution in [-0.4, -0.2) is 30.8 Å². The van der Waals surface area contributed by atoms with Gasteiger partial charge in [-0.2, -0.15) is 0 Å². The van der Waals surface area contributed by atoms with E-state index < -0.39 is 5.97 Å². The van der Waals surface area contributed by atoms with Crippen LogP contribution in [0.15, 0.2) is 24.3 Å².